The van der Waals surface area contributed by atoms with Crippen molar-refractivity contribution >= 4 is 33.3 Å². The van der Waals surface area contributed by atoms with Crippen LogP contribution in [0.1, 0.15) is 16.1 Å². The van der Waals surface area contributed by atoms with Crippen LogP contribution in [-0.4, -0.2) is 30.3 Å². The van der Waals surface area contributed by atoms with Gasteiger partial charge in [0.25, 0.3) is 5.91 Å². The van der Waals surface area contributed by atoms with Gasteiger partial charge in [0.1, 0.15) is 17.5 Å². The number of hydrogen-bond donors (Lipinski definition) is 1. The van der Waals surface area contributed by atoms with E-state index in [9.17, 15) is 4.79 Å². The number of fused-ring (bicyclic) bond motifs is 1. The van der Waals surface area contributed by atoms with E-state index < -0.39 is 5.91 Å². The molecule has 0 fully saturated rings. The predicted molar refractivity (Wildman–Crippen MR) is 76.6 cm³/mol. The Labute approximate surface area is 127 Å². The van der Waals surface area contributed by atoms with Crippen LogP contribution in [0.2, 0.25) is 0 Å². The SMILES string of the molecule is Cn1ncc(C#N)c1NC(=O)c1nn2cccnc2c1Br. The fourth-order valence-corrected chi connectivity index (χ4v) is 2.38. The van der Waals surface area contributed by atoms with Crippen LogP contribution >= 0.6 is 15.9 Å². The van der Waals surface area contributed by atoms with E-state index in [-0.39, 0.29) is 11.3 Å². The average Bonchev–Trinajstić information content (AvgIpc) is 3.01. The summed E-state index contributed by atoms with van der Waals surface area (Å²) in [5.41, 5.74) is 0.996. The van der Waals surface area contributed by atoms with Gasteiger partial charge in [0.05, 0.1) is 10.7 Å². The van der Waals surface area contributed by atoms with E-state index in [0.29, 0.717) is 15.9 Å². The molecular weight excluding hydrogens is 338 g/mol. The lowest BCUT2D eigenvalue weighted by Crippen LogP contribution is -2.16. The normalized spacial score (nSPS) is 10.5. The maximum atomic E-state index is 12.3. The summed E-state index contributed by atoms with van der Waals surface area (Å²) in [5, 5.41) is 19.7. The lowest BCUT2D eigenvalue weighted by molar-refractivity contribution is 0.102. The van der Waals surface area contributed by atoms with Crippen LogP contribution in [-0.2, 0) is 7.05 Å². The van der Waals surface area contributed by atoms with Gasteiger partial charge in [0.15, 0.2) is 11.3 Å². The molecule has 21 heavy (non-hydrogen) atoms. The fourth-order valence-electron chi connectivity index (χ4n) is 1.84. The van der Waals surface area contributed by atoms with Gasteiger partial charge >= 0.3 is 0 Å². The Hall–Kier alpha value is -2.73. The van der Waals surface area contributed by atoms with Crippen molar-refractivity contribution in [3.05, 3.63) is 40.4 Å². The van der Waals surface area contributed by atoms with Crippen molar-refractivity contribution in [3.8, 4) is 6.07 Å². The molecule has 0 saturated carbocycles. The molecule has 3 aromatic heterocycles. The highest BCUT2D eigenvalue weighted by Crippen LogP contribution is 2.22. The molecule has 0 bridgehead atoms. The first-order chi connectivity index (χ1) is 10.1. The number of nitrogens with one attached hydrogen (secondary N) is 1. The zero-order chi connectivity index (χ0) is 15.0. The number of aromatic nitrogens is 5. The van der Waals surface area contributed by atoms with E-state index in [0.717, 1.165) is 0 Å². The number of nitrogens with zero attached hydrogens (tertiary/aromatic N) is 6. The maximum Gasteiger partial charge on any atom is 0.278 e. The highest BCUT2D eigenvalue weighted by molar-refractivity contribution is 9.10. The van der Waals surface area contributed by atoms with Crippen LogP contribution in [0.25, 0.3) is 5.65 Å². The zero-order valence-corrected chi connectivity index (χ0v) is 12.4. The van der Waals surface area contributed by atoms with E-state index in [1.54, 1.807) is 25.5 Å². The first-order valence-corrected chi connectivity index (χ1v) is 6.63. The summed E-state index contributed by atoms with van der Waals surface area (Å²) in [6, 6.07) is 3.68. The lowest BCUT2D eigenvalue weighted by atomic mass is 10.3. The fraction of sp³-hybridized carbons (Fsp3) is 0.0833. The Morgan fingerprint density at radius 3 is 3.05 bits per heavy atom. The van der Waals surface area contributed by atoms with Crippen LogP contribution in [0.4, 0.5) is 5.82 Å². The second-order valence-electron chi connectivity index (χ2n) is 4.15. The minimum Gasteiger partial charge on any atom is -0.304 e. The Bertz CT molecular complexity index is 889. The number of halogens is 1. The molecule has 9 heteroatoms. The molecule has 0 aliphatic rings. The number of aryl methyl sites for hydroxylation is 1. The predicted octanol–water partition coefficient (Wildman–Crippen LogP) is 1.35. The second-order valence-corrected chi connectivity index (χ2v) is 4.94. The van der Waals surface area contributed by atoms with Gasteiger partial charge in [-0.25, -0.2) is 9.50 Å². The largest absolute Gasteiger partial charge is 0.304 e. The smallest absolute Gasteiger partial charge is 0.278 e. The zero-order valence-electron chi connectivity index (χ0n) is 10.8. The van der Waals surface area contributed by atoms with Gasteiger partial charge in [0.2, 0.25) is 0 Å². The summed E-state index contributed by atoms with van der Waals surface area (Å²) in [4.78, 5) is 16.5. The number of anilines is 1. The van der Waals surface area contributed by atoms with Gasteiger partial charge in [-0.2, -0.15) is 15.5 Å². The summed E-state index contributed by atoms with van der Waals surface area (Å²) in [6.07, 6.45) is 4.68. The molecule has 3 aromatic rings. The molecule has 104 valence electrons. The van der Waals surface area contributed by atoms with Crippen LogP contribution in [0, 0.1) is 11.3 Å². The molecule has 1 amide bonds. The summed E-state index contributed by atoms with van der Waals surface area (Å²) in [5.74, 6) is -0.133. The Kier molecular flexibility index (Phi) is 3.15. The summed E-state index contributed by atoms with van der Waals surface area (Å²) in [7, 11) is 1.64. The van der Waals surface area contributed by atoms with Gasteiger partial charge in [0, 0.05) is 19.4 Å². The van der Waals surface area contributed by atoms with Gasteiger partial charge < -0.3 is 5.32 Å². The number of carbonyl (C=O) groups is 1. The van der Waals surface area contributed by atoms with Crippen LogP contribution in [0.15, 0.2) is 29.1 Å². The summed E-state index contributed by atoms with van der Waals surface area (Å²) < 4.78 is 3.40. The molecule has 0 unspecified atom stereocenters. The topological polar surface area (TPSA) is 101 Å². The first kappa shape index (κ1) is 13.3. The molecule has 3 rings (SSSR count). The van der Waals surface area contributed by atoms with Gasteiger partial charge in [-0.15, -0.1) is 0 Å². The van der Waals surface area contributed by atoms with Crippen molar-refractivity contribution in [1.82, 2.24) is 24.4 Å². The van der Waals surface area contributed by atoms with E-state index in [4.69, 9.17) is 5.26 Å². The summed E-state index contributed by atoms with van der Waals surface area (Å²) in [6.45, 7) is 0. The van der Waals surface area contributed by atoms with Crippen LogP contribution in [0.3, 0.4) is 0 Å². The number of hydrogen-bond acceptors (Lipinski definition) is 5. The molecule has 0 atom stereocenters. The maximum absolute atomic E-state index is 12.3. The first-order valence-electron chi connectivity index (χ1n) is 5.84. The highest BCUT2D eigenvalue weighted by Gasteiger charge is 2.20. The van der Waals surface area contributed by atoms with Gasteiger partial charge in [-0.1, -0.05) is 0 Å². The van der Waals surface area contributed by atoms with E-state index >= 15 is 0 Å². The molecule has 0 spiro atoms. The van der Waals surface area contributed by atoms with Crippen molar-refractivity contribution in [2.75, 3.05) is 5.32 Å². The molecule has 1 N–H and O–H groups in total. The molecule has 0 aromatic carbocycles. The highest BCUT2D eigenvalue weighted by atomic mass is 79.9. The minimum atomic E-state index is -0.451. The third kappa shape index (κ3) is 2.15. The van der Waals surface area contributed by atoms with Crippen molar-refractivity contribution in [3.63, 3.8) is 0 Å². The minimum absolute atomic E-state index is 0.179. The molecule has 8 nitrogen and oxygen atoms in total. The average molecular weight is 346 g/mol. The van der Waals surface area contributed by atoms with Crippen molar-refractivity contribution < 1.29 is 4.79 Å². The second kappa shape index (κ2) is 4.99. The third-order valence-corrected chi connectivity index (χ3v) is 3.58. The van der Waals surface area contributed by atoms with Crippen LogP contribution < -0.4 is 5.32 Å². The molecule has 0 aliphatic carbocycles. The van der Waals surface area contributed by atoms with Crippen molar-refractivity contribution in [1.29, 1.82) is 5.26 Å². The Balaban J connectivity index is 2.00. The Morgan fingerprint density at radius 2 is 2.33 bits per heavy atom. The molecule has 0 radical (unpaired) electrons. The van der Waals surface area contributed by atoms with Gasteiger partial charge in [-0.05, 0) is 22.0 Å². The van der Waals surface area contributed by atoms with Crippen molar-refractivity contribution in [2.24, 2.45) is 7.05 Å². The monoisotopic (exact) mass is 345 g/mol. The van der Waals surface area contributed by atoms with Gasteiger partial charge in [-0.3, -0.25) is 9.48 Å². The third-order valence-electron chi connectivity index (χ3n) is 2.85. The van der Waals surface area contributed by atoms with E-state index in [2.05, 4.69) is 36.4 Å². The van der Waals surface area contributed by atoms with E-state index in [1.165, 1.54) is 15.4 Å². The number of carbonyl (C=O) groups excluding carboxylic acids is 1. The number of amides is 1. The van der Waals surface area contributed by atoms with E-state index in [1.807, 2.05) is 6.07 Å². The lowest BCUT2D eigenvalue weighted by Gasteiger charge is -2.04. The quantitative estimate of drug-likeness (QED) is 0.755. The molecular formula is C12H8BrN7O. The number of nitriles is 1. The number of rotatable bonds is 2. The van der Waals surface area contributed by atoms with Crippen molar-refractivity contribution in [2.45, 2.75) is 0 Å². The van der Waals surface area contributed by atoms with Crippen LogP contribution in [0.5, 0.6) is 0 Å². The Morgan fingerprint density at radius 1 is 1.52 bits per heavy atom. The molecule has 0 aliphatic heterocycles. The summed E-state index contributed by atoms with van der Waals surface area (Å²) >= 11 is 3.32. The standard InChI is InChI=1S/C12H8BrN7O/c1-19-10(7(5-14)6-16-19)17-12(21)9-8(13)11-15-3-2-4-20(11)18-9/h2-4,6H,1H3,(H,17,21). The molecule has 0 saturated heterocycles. The molecule has 3 heterocycles.